The van der Waals surface area contributed by atoms with Gasteiger partial charge >= 0.3 is 0 Å². The molecule has 0 heterocycles. The summed E-state index contributed by atoms with van der Waals surface area (Å²) in [7, 11) is 0. The van der Waals surface area contributed by atoms with Crippen molar-refractivity contribution in [3.8, 4) is 5.75 Å². The fraction of sp³-hybridized carbons (Fsp3) is 0.222. The minimum Gasteiger partial charge on any atom is -0.508 e. The van der Waals surface area contributed by atoms with Gasteiger partial charge in [0.25, 0.3) is 0 Å². The van der Waals surface area contributed by atoms with Gasteiger partial charge in [0.15, 0.2) is 0 Å². The first kappa shape index (κ1) is 25.7. The second kappa shape index (κ2) is 36.0. The predicted octanol–water partition coefficient (Wildman–Crippen LogP) is 6.16. The first-order valence-electron chi connectivity index (χ1n) is 6.08. The second-order valence-corrected chi connectivity index (χ2v) is 2.97. The van der Waals surface area contributed by atoms with E-state index in [4.69, 9.17) is 5.11 Å². The number of phenolic OH excluding ortho intramolecular Hbond substituents is 1. The quantitative estimate of drug-likeness (QED) is 0.555. The molecule has 1 nitrogen and oxygen atoms in total. The van der Waals surface area contributed by atoms with E-state index in [1.54, 1.807) is 48.6 Å². The average molecular weight is 262 g/mol. The van der Waals surface area contributed by atoms with Crippen molar-refractivity contribution in [3.05, 3.63) is 81.0 Å². The minimum absolute atomic E-state index is 0.322. The van der Waals surface area contributed by atoms with Gasteiger partial charge in [0.05, 0.1) is 0 Å². The SMILES string of the molecule is C=CC.C=CC.C=CC.C=CC.Oc1ccccc1. The molecule has 0 spiro atoms. The largest absolute Gasteiger partial charge is 0.508 e. The van der Waals surface area contributed by atoms with Crippen LogP contribution in [0.3, 0.4) is 0 Å². The van der Waals surface area contributed by atoms with Crippen LogP contribution in [0, 0.1) is 0 Å². The number of phenols is 1. The van der Waals surface area contributed by atoms with Gasteiger partial charge in [-0.2, -0.15) is 0 Å². The van der Waals surface area contributed by atoms with Gasteiger partial charge in [-0.1, -0.05) is 42.5 Å². The number of aromatic hydroxyl groups is 1. The summed E-state index contributed by atoms with van der Waals surface area (Å²) >= 11 is 0. The van der Waals surface area contributed by atoms with Gasteiger partial charge in [0, 0.05) is 0 Å². The third-order valence-corrected chi connectivity index (χ3v) is 0.756. The van der Waals surface area contributed by atoms with E-state index >= 15 is 0 Å². The van der Waals surface area contributed by atoms with E-state index in [1.165, 1.54) is 0 Å². The molecule has 0 atom stereocenters. The Morgan fingerprint density at radius 2 is 0.895 bits per heavy atom. The van der Waals surface area contributed by atoms with Crippen LogP contribution in [0.4, 0.5) is 0 Å². The zero-order chi connectivity index (χ0) is 15.9. The molecule has 0 saturated heterocycles. The Labute approximate surface area is 120 Å². The Balaban J connectivity index is -0.0000000812. The number of benzene rings is 1. The molecule has 0 aliphatic rings. The maximum atomic E-state index is 8.63. The summed E-state index contributed by atoms with van der Waals surface area (Å²) < 4.78 is 0. The highest BCUT2D eigenvalue weighted by atomic mass is 16.3. The standard InChI is InChI=1S/C6H6O.4C3H6/c7-6-4-2-1-3-5-6;4*1-3-2/h1-5,7H;4*3H,1H2,2H3. The van der Waals surface area contributed by atoms with Crippen LogP contribution in [0.1, 0.15) is 27.7 Å². The van der Waals surface area contributed by atoms with Gasteiger partial charge in [0.1, 0.15) is 5.75 Å². The Kier molecular flexibility index (Phi) is 48.8. The minimum atomic E-state index is 0.322. The molecule has 0 radical (unpaired) electrons. The van der Waals surface area contributed by atoms with E-state index in [-0.39, 0.29) is 0 Å². The van der Waals surface area contributed by atoms with Gasteiger partial charge in [0.2, 0.25) is 0 Å². The van der Waals surface area contributed by atoms with Crippen molar-refractivity contribution in [2.75, 3.05) is 0 Å². The van der Waals surface area contributed by atoms with E-state index in [2.05, 4.69) is 26.3 Å². The molecule has 0 fully saturated rings. The summed E-state index contributed by atoms with van der Waals surface area (Å²) in [5.41, 5.74) is 0. The van der Waals surface area contributed by atoms with Crippen LogP contribution in [-0.4, -0.2) is 5.11 Å². The summed E-state index contributed by atoms with van der Waals surface area (Å²) in [4.78, 5) is 0. The molecule has 19 heavy (non-hydrogen) atoms. The first-order chi connectivity index (χ1) is 9.05. The fourth-order valence-corrected chi connectivity index (χ4v) is 0.428. The molecular formula is C18H30O. The summed E-state index contributed by atoms with van der Waals surface area (Å²) in [6.45, 7) is 21.0. The highest BCUT2D eigenvalue weighted by Gasteiger charge is 1.74. The van der Waals surface area contributed by atoms with E-state index in [0.29, 0.717) is 5.75 Å². The summed E-state index contributed by atoms with van der Waals surface area (Å²) in [5, 5.41) is 8.63. The molecule has 0 amide bonds. The third-order valence-electron chi connectivity index (χ3n) is 0.756. The first-order valence-corrected chi connectivity index (χ1v) is 6.08. The number of para-hydroxylation sites is 1. The van der Waals surface area contributed by atoms with Gasteiger partial charge in [-0.15, -0.1) is 26.3 Å². The monoisotopic (exact) mass is 262 g/mol. The van der Waals surface area contributed by atoms with Crippen molar-refractivity contribution in [2.24, 2.45) is 0 Å². The van der Waals surface area contributed by atoms with Crippen molar-refractivity contribution in [1.29, 1.82) is 0 Å². The average Bonchev–Trinajstić information content (AvgIpc) is 2.34. The number of allylic oxidation sites excluding steroid dienone is 4. The maximum absolute atomic E-state index is 8.63. The lowest BCUT2D eigenvalue weighted by Gasteiger charge is -1.82. The molecule has 1 rings (SSSR count). The Bertz CT molecular complexity index is 249. The molecule has 0 unspecified atom stereocenters. The van der Waals surface area contributed by atoms with Crippen molar-refractivity contribution in [3.63, 3.8) is 0 Å². The van der Waals surface area contributed by atoms with Crippen LogP contribution in [0.15, 0.2) is 81.0 Å². The molecule has 1 aromatic carbocycles. The van der Waals surface area contributed by atoms with Crippen molar-refractivity contribution in [2.45, 2.75) is 27.7 Å². The van der Waals surface area contributed by atoms with Crippen LogP contribution in [0.5, 0.6) is 5.75 Å². The topological polar surface area (TPSA) is 20.2 Å². The van der Waals surface area contributed by atoms with Crippen LogP contribution >= 0.6 is 0 Å². The number of hydrogen-bond acceptors (Lipinski definition) is 1. The molecule has 1 aromatic rings. The van der Waals surface area contributed by atoms with Crippen LogP contribution in [-0.2, 0) is 0 Å². The normalized spacial score (nSPS) is 5.89. The lowest BCUT2D eigenvalue weighted by Crippen LogP contribution is -1.56. The molecule has 1 heteroatoms. The zero-order valence-corrected chi connectivity index (χ0v) is 13.0. The predicted molar refractivity (Wildman–Crippen MR) is 91.6 cm³/mol. The van der Waals surface area contributed by atoms with E-state index < -0.39 is 0 Å². The Morgan fingerprint density at radius 3 is 1.00 bits per heavy atom. The summed E-state index contributed by atoms with van der Waals surface area (Å²) in [6.07, 6.45) is 7.00. The Morgan fingerprint density at radius 1 is 0.684 bits per heavy atom. The summed E-state index contributed by atoms with van der Waals surface area (Å²) in [5.74, 6) is 0.322. The van der Waals surface area contributed by atoms with Crippen molar-refractivity contribution < 1.29 is 5.11 Å². The maximum Gasteiger partial charge on any atom is 0.115 e. The van der Waals surface area contributed by atoms with Gasteiger partial charge in [-0.3, -0.25) is 0 Å². The van der Waals surface area contributed by atoms with E-state index in [0.717, 1.165) is 0 Å². The number of rotatable bonds is 0. The highest BCUT2D eigenvalue weighted by Crippen LogP contribution is 2.02. The Hall–Kier alpha value is -2.02. The molecule has 0 aliphatic carbocycles. The lowest BCUT2D eigenvalue weighted by atomic mass is 10.3. The van der Waals surface area contributed by atoms with Crippen LogP contribution in [0.2, 0.25) is 0 Å². The van der Waals surface area contributed by atoms with Crippen molar-refractivity contribution in [1.82, 2.24) is 0 Å². The molecule has 0 saturated carbocycles. The zero-order valence-electron chi connectivity index (χ0n) is 13.0. The lowest BCUT2D eigenvalue weighted by molar-refractivity contribution is 0.475. The van der Waals surface area contributed by atoms with Gasteiger partial charge < -0.3 is 5.11 Å². The molecule has 0 bridgehead atoms. The van der Waals surface area contributed by atoms with E-state index in [9.17, 15) is 0 Å². The van der Waals surface area contributed by atoms with Gasteiger partial charge in [-0.25, -0.2) is 0 Å². The molecular weight excluding hydrogens is 232 g/mol. The highest BCUT2D eigenvalue weighted by molar-refractivity contribution is 5.18. The van der Waals surface area contributed by atoms with Crippen molar-refractivity contribution >= 4 is 0 Å². The van der Waals surface area contributed by atoms with Gasteiger partial charge in [-0.05, 0) is 39.8 Å². The van der Waals surface area contributed by atoms with Crippen LogP contribution < -0.4 is 0 Å². The third kappa shape index (κ3) is 87.3. The smallest absolute Gasteiger partial charge is 0.115 e. The second-order valence-electron chi connectivity index (χ2n) is 2.97. The molecule has 108 valence electrons. The molecule has 0 aliphatic heterocycles. The fourth-order valence-electron chi connectivity index (χ4n) is 0.428. The molecule has 1 N–H and O–H groups in total. The number of hydrogen-bond donors (Lipinski definition) is 1. The summed E-state index contributed by atoms with van der Waals surface area (Å²) in [6, 6.07) is 8.71. The van der Waals surface area contributed by atoms with E-state index in [1.807, 2.05) is 33.8 Å². The van der Waals surface area contributed by atoms with Crippen LogP contribution in [0.25, 0.3) is 0 Å². The molecule has 0 aromatic heterocycles.